The van der Waals surface area contributed by atoms with Gasteiger partial charge in [-0.15, -0.1) is 0 Å². The van der Waals surface area contributed by atoms with Crippen LogP contribution in [-0.2, 0) is 11.9 Å². The average molecular weight is 338 g/mol. The van der Waals surface area contributed by atoms with E-state index in [2.05, 4.69) is 10.3 Å². The van der Waals surface area contributed by atoms with Crippen LogP contribution in [0.2, 0.25) is 0 Å². The maximum Gasteiger partial charge on any atom is 0.382 e. The number of benzene rings is 1. The highest BCUT2D eigenvalue weighted by atomic mass is 16.7. The van der Waals surface area contributed by atoms with Gasteiger partial charge in [0.25, 0.3) is 11.8 Å². The van der Waals surface area contributed by atoms with Crippen molar-refractivity contribution < 1.29 is 23.7 Å². The zero-order chi connectivity index (χ0) is 17.6. The number of carbonyl (C=O) groups is 3. The number of aryl methyl sites for hydroxylation is 1. The molecule has 0 bridgehead atoms. The first-order valence-corrected chi connectivity index (χ1v) is 7.21. The van der Waals surface area contributed by atoms with Gasteiger partial charge in [0.05, 0.1) is 29.1 Å². The van der Waals surface area contributed by atoms with Crippen LogP contribution >= 0.6 is 0 Å². The van der Waals surface area contributed by atoms with E-state index in [0.29, 0.717) is 16.4 Å². The highest BCUT2D eigenvalue weighted by molar-refractivity contribution is 6.21. The maximum absolute atomic E-state index is 12.5. The van der Waals surface area contributed by atoms with E-state index in [1.165, 1.54) is 36.3 Å². The zero-order valence-corrected chi connectivity index (χ0v) is 12.9. The van der Waals surface area contributed by atoms with Crippen LogP contribution in [0.4, 0.5) is 0 Å². The summed E-state index contributed by atoms with van der Waals surface area (Å²) in [5.74, 6) is -2.00. The molecule has 0 saturated heterocycles. The van der Waals surface area contributed by atoms with Gasteiger partial charge in [-0.05, 0) is 12.1 Å². The summed E-state index contributed by atoms with van der Waals surface area (Å²) in [6, 6.07) is 7.79. The van der Waals surface area contributed by atoms with E-state index in [1.54, 1.807) is 18.2 Å². The SMILES string of the molecule is Cn1ncc(-c2ccno2)c1C(=O)ON1C(=O)c2ccccc2C1=O. The number of rotatable bonds is 3. The summed E-state index contributed by atoms with van der Waals surface area (Å²) < 4.78 is 6.29. The summed E-state index contributed by atoms with van der Waals surface area (Å²) in [5.41, 5.74) is 0.719. The van der Waals surface area contributed by atoms with Crippen molar-refractivity contribution in [1.29, 1.82) is 0 Å². The Morgan fingerprint density at radius 3 is 2.36 bits per heavy atom. The fourth-order valence-electron chi connectivity index (χ4n) is 2.59. The van der Waals surface area contributed by atoms with Crippen LogP contribution in [0.15, 0.2) is 47.2 Å². The second-order valence-electron chi connectivity index (χ2n) is 5.24. The highest BCUT2D eigenvalue weighted by Gasteiger charge is 2.39. The van der Waals surface area contributed by atoms with E-state index in [4.69, 9.17) is 9.36 Å². The summed E-state index contributed by atoms with van der Waals surface area (Å²) >= 11 is 0. The van der Waals surface area contributed by atoms with E-state index in [1.807, 2.05) is 0 Å². The third kappa shape index (κ3) is 2.21. The first kappa shape index (κ1) is 14.8. The quantitative estimate of drug-likeness (QED) is 0.665. The van der Waals surface area contributed by atoms with E-state index in [9.17, 15) is 14.4 Å². The predicted molar refractivity (Wildman–Crippen MR) is 81.1 cm³/mol. The maximum atomic E-state index is 12.5. The molecule has 3 heterocycles. The lowest BCUT2D eigenvalue weighted by Crippen LogP contribution is -2.33. The third-order valence-electron chi connectivity index (χ3n) is 3.77. The van der Waals surface area contributed by atoms with Crippen molar-refractivity contribution in [3.05, 3.63) is 59.5 Å². The number of nitrogens with zero attached hydrogens (tertiary/aromatic N) is 4. The molecular weight excluding hydrogens is 328 g/mol. The smallest absolute Gasteiger partial charge is 0.356 e. The van der Waals surface area contributed by atoms with E-state index >= 15 is 0 Å². The number of fused-ring (bicyclic) bond motifs is 1. The summed E-state index contributed by atoms with van der Waals surface area (Å²) in [5, 5.41) is 8.01. The number of hydroxylamine groups is 2. The van der Waals surface area contributed by atoms with Gasteiger partial charge >= 0.3 is 5.97 Å². The molecule has 1 aromatic carbocycles. The molecule has 25 heavy (non-hydrogen) atoms. The van der Waals surface area contributed by atoms with Crippen LogP contribution in [0.25, 0.3) is 11.3 Å². The Balaban J connectivity index is 1.66. The molecule has 9 heteroatoms. The van der Waals surface area contributed by atoms with Crippen LogP contribution in [0.1, 0.15) is 31.2 Å². The lowest BCUT2D eigenvalue weighted by molar-refractivity contribution is -0.0591. The van der Waals surface area contributed by atoms with Gasteiger partial charge in [0.2, 0.25) is 0 Å². The number of hydrogen-bond donors (Lipinski definition) is 0. The second kappa shape index (κ2) is 5.41. The molecule has 9 nitrogen and oxygen atoms in total. The van der Waals surface area contributed by atoms with Crippen molar-refractivity contribution in [3.8, 4) is 11.3 Å². The molecule has 124 valence electrons. The molecule has 0 spiro atoms. The van der Waals surface area contributed by atoms with Crippen LogP contribution in [0.5, 0.6) is 0 Å². The van der Waals surface area contributed by atoms with Crippen molar-refractivity contribution in [2.75, 3.05) is 0 Å². The van der Waals surface area contributed by atoms with Crippen LogP contribution in [0, 0.1) is 0 Å². The van der Waals surface area contributed by atoms with Crippen molar-refractivity contribution >= 4 is 17.8 Å². The van der Waals surface area contributed by atoms with Crippen LogP contribution in [0.3, 0.4) is 0 Å². The molecule has 4 rings (SSSR count). The van der Waals surface area contributed by atoms with Crippen molar-refractivity contribution in [1.82, 2.24) is 20.0 Å². The Kier molecular flexibility index (Phi) is 3.21. The fraction of sp³-hybridized carbons (Fsp3) is 0.0625. The molecule has 0 unspecified atom stereocenters. The second-order valence-corrected chi connectivity index (χ2v) is 5.24. The Morgan fingerprint density at radius 2 is 1.76 bits per heavy atom. The first-order valence-electron chi connectivity index (χ1n) is 7.21. The van der Waals surface area contributed by atoms with Crippen molar-refractivity contribution in [3.63, 3.8) is 0 Å². The molecule has 1 aliphatic rings. The molecule has 0 radical (unpaired) electrons. The summed E-state index contributed by atoms with van der Waals surface area (Å²) in [7, 11) is 1.53. The average Bonchev–Trinajstić information content (AvgIpc) is 3.31. The Morgan fingerprint density at radius 1 is 1.08 bits per heavy atom. The molecular formula is C16H10N4O5. The Labute approximate surface area is 140 Å². The highest BCUT2D eigenvalue weighted by Crippen LogP contribution is 2.26. The van der Waals surface area contributed by atoms with Gasteiger partial charge in [-0.25, -0.2) is 4.79 Å². The number of carbonyl (C=O) groups excluding carboxylic acids is 3. The van der Waals surface area contributed by atoms with Gasteiger partial charge in [-0.2, -0.15) is 5.10 Å². The fourth-order valence-corrected chi connectivity index (χ4v) is 2.59. The minimum absolute atomic E-state index is 0.0216. The summed E-state index contributed by atoms with van der Waals surface area (Å²) in [6.45, 7) is 0. The molecule has 3 aromatic rings. The number of hydrogen-bond acceptors (Lipinski definition) is 7. The van der Waals surface area contributed by atoms with Gasteiger partial charge < -0.3 is 9.36 Å². The topological polar surface area (TPSA) is 108 Å². The molecule has 0 fully saturated rings. The van der Waals surface area contributed by atoms with Gasteiger partial charge in [0.1, 0.15) is 0 Å². The van der Waals surface area contributed by atoms with E-state index < -0.39 is 17.8 Å². The lowest BCUT2D eigenvalue weighted by atomic mass is 10.1. The number of imide groups is 1. The summed E-state index contributed by atoms with van der Waals surface area (Å²) in [6.07, 6.45) is 2.82. The van der Waals surface area contributed by atoms with Gasteiger partial charge in [-0.3, -0.25) is 14.3 Å². The monoisotopic (exact) mass is 338 g/mol. The minimum Gasteiger partial charge on any atom is -0.356 e. The van der Waals surface area contributed by atoms with Gasteiger partial charge in [0.15, 0.2) is 11.5 Å². The molecule has 0 aliphatic carbocycles. The molecule has 0 atom stereocenters. The van der Waals surface area contributed by atoms with Crippen LogP contribution < -0.4 is 0 Å². The van der Waals surface area contributed by atoms with Crippen LogP contribution in [-0.4, -0.2) is 37.8 Å². The largest absolute Gasteiger partial charge is 0.382 e. The Hall–Kier alpha value is -3.75. The van der Waals surface area contributed by atoms with E-state index in [0.717, 1.165) is 0 Å². The lowest BCUT2D eigenvalue weighted by Gasteiger charge is -2.13. The number of aromatic nitrogens is 3. The van der Waals surface area contributed by atoms with Gasteiger partial charge in [0, 0.05) is 13.1 Å². The predicted octanol–water partition coefficient (Wildman–Crippen LogP) is 1.44. The van der Waals surface area contributed by atoms with Crippen molar-refractivity contribution in [2.24, 2.45) is 7.05 Å². The van der Waals surface area contributed by atoms with Gasteiger partial charge in [-0.1, -0.05) is 22.4 Å². The molecule has 0 N–H and O–H groups in total. The molecule has 0 saturated carbocycles. The number of amides is 2. The standard InChI is InChI=1S/C16H10N4O5/c1-19-13(11(8-17-19)12-6-7-18-24-12)16(23)25-20-14(21)9-4-2-3-5-10(9)15(20)22/h2-8H,1H3. The van der Waals surface area contributed by atoms with Crippen molar-refractivity contribution in [2.45, 2.75) is 0 Å². The molecule has 2 aromatic heterocycles. The Bertz CT molecular complexity index is 970. The minimum atomic E-state index is -0.916. The third-order valence-corrected chi connectivity index (χ3v) is 3.77. The normalized spacial score (nSPS) is 13.2. The van der Waals surface area contributed by atoms with E-state index in [-0.39, 0.29) is 16.8 Å². The molecule has 1 aliphatic heterocycles. The first-order chi connectivity index (χ1) is 12.1. The summed E-state index contributed by atoms with van der Waals surface area (Å²) in [4.78, 5) is 42.2. The molecule has 2 amide bonds. The zero-order valence-electron chi connectivity index (χ0n) is 12.9.